The first-order valence-corrected chi connectivity index (χ1v) is 6.55. The number of esters is 1. The normalized spacial score (nSPS) is 11.6. The highest BCUT2D eigenvalue weighted by atomic mass is 16.5. The average molecular weight is 242 g/mol. The van der Waals surface area contributed by atoms with Crippen LogP contribution in [0.5, 0.6) is 0 Å². The zero-order valence-corrected chi connectivity index (χ0v) is 11.5. The van der Waals surface area contributed by atoms with E-state index < -0.39 is 0 Å². The number of carbonyl (C=O) groups excluding carboxylic acids is 1. The highest BCUT2D eigenvalue weighted by molar-refractivity contribution is 5.87. The summed E-state index contributed by atoms with van der Waals surface area (Å²) in [5.74, 6) is -0.284. The Kier molecular flexibility index (Phi) is 11.1. The van der Waals surface area contributed by atoms with E-state index in [1.165, 1.54) is 39.2 Å². The average Bonchev–Trinajstić information content (AvgIpc) is 2.35. The molecule has 0 rings (SSSR count). The van der Waals surface area contributed by atoms with Crippen LogP contribution >= 0.6 is 0 Å². The van der Waals surface area contributed by atoms with Gasteiger partial charge in [0, 0.05) is 12.2 Å². The first-order chi connectivity index (χ1) is 8.22. The zero-order chi connectivity index (χ0) is 12.9. The summed E-state index contributed by atoms with van der Waals surface area (Å²) in [5, 5.41) is 0. The fraction of sp³-hybridized carbons (Fsp3) is 0.786. The Morgan fingerprint density at radius 3 is 2.41 bits per heavy atom. The fourth-order valence-electron chi connectivity index (χ4n) is 1.50. The van der Waals surface area contributed by atoms with Crippen LogP contribution in [0.15, 0.2) is 11.6 Å². The number of hydrogen-bond acceptors (Lipinski definition) is 3. The van der Waals surface area contributed by atoms with Crippen LogP contribution in [-0.4, -0.2) is 26.3 Å². The summed E-state index contributed by atoms with van der Waals surface area (Å²) < 4.78 is 10.0. The predicted molar refractivity (Wildman–Crippen MR) is 70.0 cm³/mol. The molecular formula is C14H26O3. The van der Waals surface area contributed by atoms with Crippen molar-refractivity contribution < 1.29 is 14.3 Å². The second-order valence-electron chi connectivity index (χ2n) is 4.22. The van der Waals surface area contributed by atoms with Gasteiger partial charge in [0.2, 0.25) is 0 Å². The van der Waals surface area contributed by atoms with Crippen LogP contribution in [-0.2, 0) is 14.3 Å². The van der Waals surface area contributed by atoms with Crippen molar-refractivity contribution in [3.63, 3.8) is 0 Å². The smallest absolute Gasteiger partial charge is 0.333 e. The van der Waals surface area contributed by atoms with E-state index in [1.807, 2.05) is 0 Å². The molecule has 0 heterocycles. The summed E-state index contributed by atoms with van der Waals surface area (Å²) in [7, 11) is 1.39. The van der Waals surface area contributed by atoms with Gasteiger partial charge in [-0.15, -0.1) is 0 Å². The summed E-state index contributed by atoms with van der Waals surface area (Å²) in [5.41, 5.74) is 0.607. The Bertz CT molecular complexity index is 222. The summed E-state index contributed by atoms with van der Waals surface area (Å²) in [6, 6.07) is 0. The van der Waals surface area contributed by atoms with E-state index in [9.17, 15) is 4.79 Å². The highest BCUT2D eigenvalue weighted by Gasteiger charge is 2.01. The van der Waals surface area contributed by atoms with Crippen molar-refractivity contribution in [2.45, 2.75) is 52.4 Å². The van der Waals surface area contributed by atoms with Gasteiger partial charge in [-0.1, -0.05) is 39.0 Å². The van der Waals surface area contributed by atoms with Crippen molar-refractivity contribution in [3.05, 3.63) is 11.6 Å². The summed E-state index contributed by atoms with van der Waals surface area (Å²) in [6.07, 6.45) is 9.36. The monoisotopic (exact) mass is 242 g/mol. The Morgan fingerprint density at radius 1 is 1.12 bits per heavy atom. The van der Waals surface area contributed by atoms with Gasteiger partial charge in [-0.25, -0.2) is 4.79 Å². The van der Waals surface area contributed by atoms with Gasteiger partial charge in [0.15, 0.2) is 0 Å². The number of ether oxygens (including phenoxy) is 2. The fourth-order valence-corrected chi connectivity index (χ4v) is 1.50. The molecule has 0 aliphatic rings. The zero-order valence-electron chi connectivity index (χ0n) is 11.5. The lowest BCUT2D eigenvalue weighted by molar-refractivity contribution is -0.136. The number of carbonyl (C=O) groups is 1. The maximum atomic E-state index is 11.0. The predicted octanol–water partition coefficient (Wildman–Crippen LogP) is 3.48. The minimum atomic E-state index is -0.284. The SMILES string of the molecule is CCCCCCCCOCC=C(C)C(=O)OC. The maximum absolute atomic E-state index is 11.0. The molecule has 0 aromatic carbocycles. The van der Waals surface area contributed by atoms with Gasteiger partial charge in [0.25, 0.3) is 0 Å². The van der Waals surface area contributed by atoms with E-state index in [0.29, 0.717) is 12.2 Å². The molecule has 0 fully saturated rings. The number of rotatable bonds is 10. The summed E-state index contributed by atoms with van der Waals surface area (Å²) in [4.78, 5) is 11.0. The molecule has 3 heteroatoms. The van der Waals surface area contributed by atoms with E-state index >= 15 is 0 Å². The highest BCUT2D eigenvalue weighted by Crippen LogP contribution is 2.05. The Labute approximate surface area is 105 Å². The van der Waals surface area contributed by atoms with Gasteiger partial charge in [-0.05, 0) is 19.4 Å². The molecule has 0 amide bonds. The third-order valence-corrected chi connectivity index (χ3v) is 2.66. The summed E-state index contributed by atoms with van der Waals surface area (Å²) >= 11 is 0. The maximum Gasteiger partial charge on any atom is 0.333 e. The molecule has 0 aliphatic heterocycles. The van der Waals surface area contributed by atoms with Crippen molar-refractivity contribution in [2.24, 2.45) is 0 Å². The van der Waals surface area contributed by atoms with Crippen LogP contribution in [0, 0.1) is 0 Å². The molecule has 3 nitrogen and oxygen atoms in total. The molecule has 17 heavy (non-hydrogen) atoms. The third kappa shape index (κ3) is 10.1. The van der Waals surface area contributed by atoms with Gasteiger partial charge < -0.3 is 9.47 Å². The van der Waals surface area contributed by atoms with Gasteiger partial charge in [0.1, 0.15) is 0 Å². The van der Waals surface area contributed by atoms with Crippen LogP contribution in [0.3, 0.4) is 0 Å². The molecule has 0 N–H and O–H groups in total. The second-order valence-corrected chi connectivity index (χ2v) is 4.22. The molecular weight excluding hydrogens is 216 g/mol. The van der Waals surface area contributed by atoms with E-state index in [1.54, 1.807) is 13.0 Å². The van der Waals surface area contributed by atoms with E-state index in [0.717, 1.165) is 13.0 Å². The van der Waals surface area contributed by atoms with Crippen molar-refractivity contribution in [1.29, 1.82) is 0 Å². The summed E-state index contributed by atoms with van der Waals surface area (Å²) in [6.45, 7) is 5.23. The van der Waals surface area contributed by atoms with Crippen LogP contribution in [0.4, 0.5) is 0 Å². The number of methoxy groups -OCH3 is 1. The second kappa shape index (κ2) is 11.6. The van der Waals surface area contributed by atoms with Gasteiger partial charge >= 0.3 is 5.97 Å². The first-order valence-electron chi connectivity index (χ1n) is 6.55. The lowest BCUT2D eigenvalue weighted by atomic mass is 10.1. The number of unbranched alkanes of at least 4 members (excludes halogenated alkanes) is 5. The lowest BCUT2D eigenvalue weighted by Gasteiger charge is -2.02. The molecule has 0 saturated heterocycles. The quantitative estimate of drug-likeness (QED) is 0.334. The molecule has 0 aromatic rings. The molecule has 0 spiro atoms. The van der Waals surface area contributed by atoms with Crippen LogP contribution in [0.25, 0.3) is 0 Å². The van der Waals surface area contributed by atoms with Crippen molar-refractivity contribution in [3.8, 4) is 0 Å². The molecule has 100 valence electrons. The third-order valence-electron chi connectivity index (χ3n) is 2.66. The molecule has 0 unspecified atom stereocenters. The van der Waals surface area contributed by atoms with E-state index in [2.05, 4.69) is 11.7 Å². The Balaban J connectivity index is 3.31. The van der Waals surface area contributed by atoms with Crippen molar-refractivity contribution in [1.82, 2.24) is 0 Å². The Morgan fingerprint density at radius 2 is 1.76 bits per heavy atom. The van der Waals surface area contributed by atoms with Crippen LogP contribution < -0.4 is 0 Å². The van der Waals surface area contributed by atoms with E-state index in [4.69, 9.17) is 4.74 Å². The molecule has 0 aliphatic carbocycles. The van der Waals surface area contributed by atoms with Gasteiger partial charge in [-0.2, -0.15) is 0 Å². The standard InChI is InChI=1S/C14H26O3/c1-4-5-6-7-8-9-11-17-12-10-13(2)14(15)16-3/h10H,4-9,11-12H2,1-3H3. The Hall–Kier alpha value is -0.830. The van der Waals surface area contributed by atoms with Crippen molar-refractivity contribution >= 4 is 5.97 Å². The lowest BCUT2D eigenvalue weighted by Crippen LogP contribution is -2.03. The molecule has 0 bridgehead atoms. The molecule has 0 saturated carbocycles. The molecule has 0 aromatic heterocycles. The van der Waals surface area contributed by atoms with Crippen LogP contribution in [0.1, 0.15) is 52.4 Å². The minimum absolute atomic E-state index is 0.284. The first kappa shape index (κ1) is 16.2. The van der Waals surface area contributed by atoms with Gasteiger partial charge in [0.05, 0.1) is 13.7 Å². The molecule has 0 atom stereocenters. The van der Waals surface area contributed by atoms with Gasteiger partial charge in [-0.3, -0.25) is 0 Å². The van der Waals surface area contributed by atoms with Crippen molar-refractivity contribution in [2.75, 3.05) is 20.3 Å². The minimum Gasteiger partial charge on any atom is -0.466 e. The van der Waals surface area contributed by atoms with Crippen LogP contribution in [0.2, 0.25) is 0 Å². The topological polar surface area (TPSA) is 35.5 Å². The largest absolute Gasteiger partial charge is 0.466 e. The molecule has 0 radical (unpaired) electrons. The van der Waals surface area contributed by atoms with E-state index in [-0.39, 0.29) is 5.97 Å². The number of hydrogen-bond donors (Lipinski definition) is 0.